The fourth-order valence-corrected chi connectivity index (χ4v) is 2.90. The van der Waals surface area contributed by atoms with Crippen LogP contribution in [-0.4, -0.2) is 12.4 Å². The van der Waals surface area contributed by atoms with E-state index < -0.39 is 0 Å². The van der Waals surface area contributed by atoms with E-state index in [0.717, 1.165) is 18.2 Å². The van der Waals surface area contributed by atoms with Gasteiger partial charge in [0, 0.05) is 17.3 Å². The molecule has 2 aromatic carbocycles. The molecule has 2 aromatic rings. The Morgan fingerprint density at radius 1 is 1.10 bits per heavy atom. The largest absolute Gasteiger partial charge is 0.489 e. The van der Waals surface area contributed by atoms with E-state index in [1.54, 1.807) is 0 Å². The Labute approximate surface area is 123 Å². The van der Waals surface area contributed by atoms with Crippen molar-refractivity contribution in [1.82, 2.24) is 5.32 Å². The second kappa shape index (κ2) is 6.64. The first-order valence-corrected chi connectivity index (χ1v) is 7.69. The third-order valence-electron chi connectivity index (χ3n) is 3.09. The molecule has 2 nitrogen and oxygen atoms in total. The second-order valence-electron chi connectivity index (χ2n) is 4.67. The standard InChI is InChI=1S/C17H17NOS/c1-2-5-14(6-3-1)12-19-16-8-4-7-15(9-16)10-17-11-18-13-20-17/h1-10,18H,11-13H2. The van der Waals surface area contributed by atoms with Crippen molar-refractivity contribution in [2.75, 3.05) is 12.4 Å². The van der Waals surface area contributed by atoms with Crippen molar-refractivity contribution in [2.45, 2.75) is 6.61 Å². The Hall–Kier alpha value is -1.71. The molecule has 1 aliphatic rings. The number of rotatable bonds is 4. The first-order valence-electron chi connectivity index (χ1n) is 6.71. The summed E-state index contributed by atoms with van der Waals surface area (Å²) in [6.07, 6.45) is 2.22. The van der Waals surface area contributed by atoms with Crippen LogP contribution in [0.1, 0.15) is 11.1 Å². The van der Waals surface area contributed by atoms with Crippen LogP contribution in [0, 0.1) is 0 Å². The summed E-state index contributed by atoms with van der Waals surface area (Å²) in [6.45, 7) is 1.58. The van der Waals surface area contributed by atoms with Gasteiger partial charge in [-0.25, -0.2) is 0 Å². The molecule has 102 valence electrons. The van der Waals surface area contributed by atoms with Crippen LogP contribution in [0.2, 0.25) is 0 Å². The van der Waals surface area contributed by atoms with E-state index in [1.807, 2.05) is 42.1 Å². The number of nitrogens with one attached hydrogen (secondary N) is 1. The van der Waals surface area contributed by atoms with Gasteiger partial charge in [0.1, 0.15) is 12.4 Å². The smallest absolute Gasteiger partial charge is 0.120 e. The number of ether oxygens (including phenoxy) is 1. The fourth-order valence-electron chi connectivity index (χ4n) is 2.08. The molecule has 1 saturated heterocycles. The van der Waals surface area contributed by atoms with Gasteiger partial charge in [0.15, 0.2) is 0 Å². The first kappa shape index (κ1) is 13.3. The molecule has 20 heavy (non-hydrogen) atoms. The van der Waals surface area contributed by atoms with Gasteiger partial charge in [0.25, 0.3) is 0 Å². The monoisotopic (exact) mass is 283 g/mol. The van der Waals surface area contributed by atoms with Crippen molar-refractivity contribution in [3.63, 3.8) is 0 Å². The van der Waals surface area contributed by atoms with E-state index in [1.165, 1.54) is 16.0 Å². The number of thioether (sulfide) groups is 1. The minimum atomic E-state index is 0.608. The number of benzene rings is 2. The summed E-state index contributed by atoms with van der Waals surface area (Å²) < 4.78 is 5.85. The molecule has 0 saturated carbocycles. The average molecular weight is 283 g/mol. The molecule has 0 aliphatic carbocycles. The lowest BCUT2D eigenvalue weighted by molar-refractivity contribution is 0.306. The topological polar surface area (TPSA) is 21.3 Å². The highest BCUT2D eigenvalue weighted by molar-refractivity contribution is 8.03. The summed E-state index contributed by atoms with van der Waals surface area (Å²) in [6, 6.07) is 18.5. The van der Waals surface area contributed by atoms with Crippen LogP contribution in [0.25, 0.3) is 6.08 Å². The molecular weight excluding hydrogens is 266 g/mol. The molecule has 0 spiro atoms. The maximum Gasteiger partial charge on any atom is 0.120 e. The second-order valence-corrected chi connectivity index (χ2v) is 5.77. The normalized spacial score (nSPS) is 16.5. The van der Waals surface area contributed by atoms with Gasteiger partial charge in [-0.1, -0.05) is 42.5 Å². The predicted molar refractivity (Wildman–Crippen MR) is 85.7 cm³/mol. The minimum Gasteiger partial charge on any atom is -0.489 e. The van der Waals surface area contributed by atoms with Gasteiger partial charge in [0.05, 0.1) is 0 Å². The summed E-state index contributed by atoms with van der Waals surface area (Å²) >= 11 is 1.86. The van der Waals surface area contributed by atoms with Gasteiger partial charge in [-0.05, 0) is 29.3 Å². The highest BCUT2D eigenvalue weighted by Gasteiger charge is 2.06. The predicted octanol–water partition coefficient (Wildman–Crippen LogP) is 3.90. The highest BCUT2D eigenvalue weighted by atomic mass is 32.2. The molecule has 0 aromatic heterocycles. The molecular formula is C17H17NOS. The van der Waals surface area contributed by atoms with E-state index in [-0.39, 0.29) is 0 Å². The Morgan fingerprint density at radius 3 is 2.80 bits per heavy atom. The third-order valence-corrected chi connectivity index (χ3v) is 4.07. The van der Waals surface area contributed by atoms with Crippen LogP contribution in [0.15, 0.2) is 59.5 Å². The van der Waals surface area contributed by atoms with Crippen LogP contribution < -0.4 is 10.1 Å². The zero-order chi connectivity index (χ0) is 13.6. The quantitative estimate of drug-likeness (QED) is 0.919. The van der Waals surface area contributed by atoms with Gasteiger partial charge in [-0.3, -0.25) is 0 Å². The molecule has 3 heteroatoms. The third kappa shape index (κ3) is 3.65. The van der Waals surface area contributed by atoms with Crippen LogP contribution in [0.3, 0.4) is 0 Å². The minimum absolute atomic E-state index is 0.608. The summed E-state index contributed by atoms with van der Waals surface area (Å²) in [5.41, 5.74) is 2.38. The molecule has 1 fully saturated rings. The first-order chi connectivity index (χ1) is 9.90. The Balaban J connectivity index is 1.66. The molecule has 0 amide bonds. The maximum absolute atomic E-state index is 5.85. The van der Waals surface area contributed by atoms with Crippen LogP contribution >= 0.6 is 11.8 Å². The molecule has 1 heterocycles. The van der Waals surface area contributed by atoms with E-state index in [9.17, 15) is 0 Å². The SMILES string of the molecule is C(=C1CNCS1)c1cccc(OCc2ccccc2)c1. The van der Waals surface area contributed by atoms with Crippen LogP contribution in [0.4, 0.5) is 0 Å². The average Bonchev–Trinajstić information content (AvgIpc) is 3.00. The summed E-state index contributed by atoms with van der Waals surface area (Å²) in [5, 5.41) is 3.32. The number of hydrogen-bond donors (Lipinski definition) is 1. The fraction of sp³-hybridized carbons (Fsp3) is 0.176. The van der Waals surface area contributed by atoms with Crippen LogP contribution in [0.5, 0.6) is 5.75 Å². The van der Waals surface area contributed by atoms with E-state index >= 15 is 0 Å². The van der Waals surface area contributed by atoms with Crippen molar-refractivity contribution < 1.29 is 4.74 Å². The van der Waals surface area contributed by atoms with E-state index in [2.05, 4.69) is 35.7 Å². The van der Waals surface area contributed by atoms with Gasteiger partial charge < -0.3 is 10.1 Å². The summed E-state index contributed by atoms with van der Waals surface area (Å²) in [5.74, 6) is 1.93. The Bertz CT molecular complexity index is 587. The van der Waals surface area contributed by atoms with Crippen LogP contribution in [-0.2, 0) is 6.61 Å². The Kier molecular flexibility index (Phi) is 4.41. The van der Waals surface area contributed by atoms with Gasteiger partial charge >= 0.3 is 0 Å². The van der Waals surface area contributed by atoms with Crippen molar-refractivity contribution >= 4 is 17.8 Å². The van der Waals surface area contributed by atoms with Gasteiger partial charge in [-0.2, -0.15) is 0 Å². The molecule has 0 bridgehead atoms. The zero-order valence-corrected chi connectivity index (χ0v) is 12.0. The van der Waals surface area contributed by atoms with Crippen molar-refractivity contribution in [2.24, 2.45) is 0 Å². The molecule has 1 aliphatic heterocycles. The van der Waals surface area contributed by atoms with Crippen molar-refractivity contribution in [1.29, 1.82) is 0 Å². The lowest BCUT2D eigenvalue weighted by Crippen LogP contribution is -2.04. The molecule has 0 radical (unpaired) electrons. The molecule has 1 N–H and O–H groups in total. The lowest BCUT2D eigenvalue weighted by atomic mass is 10.2. The molecule has 3 rings (SSSR count). The van der Waals surface area contributed by atoms with E-state index in [4.69, 9.17) is 4.74 Å². The zero-order valence-electron chi connectivity index (χ0n) is 11.2. The number of hydrogen-bond acceptors (Lipinski definition) is 3. The summed E-state index contributed by atoms with van der Waals surface area (Å²) in [4.78, 5) is 1.38. The van der Waals surface area contributed by atoms with Gasteiger partial charge in [0.2, 0.25) is 0 Å². The van der Waals surface area contributed by atoms with E-state index in [0.29, 0.717) is 6.61 Å². The maximum atomic E-state index is 5.85. The molecule has 0 unspecified atom stereocenters. The Morgan fingerprint density at radius 2 is 2.00 bits per heavy atom. The lowest BCUT2D eigenvalue weighted by Gasteiger charge is -2.07. The van der Waals surface area contributed by atoms with Gasteiger partial charge in [-0.15, -0.1) is 11.8 Å². The highest BCUT2D eigenvalue weighted by Crippen LogP contribution is 2.24. The van der Waals surface area contributed by atoms with Crippen molar-refractivity contribution in [3.05, 3.63) is 70.6 Å². The van der Waals surface area contributed by atoms with Crippen molar-refractivity contribution in [3.8, 4) is 5.75 Å². The molecule has 0 atom stereocenters. The summed E-state index contributed by atoms with van der Waals surface area (Å²) in [7, 11) is 0.